The number of ether oxygens (including phenoxy) is 2. The van der Waals surface area contributed by atoms with Crippen LogP contribution in [0, 0.1) is 5.41 Å². The van der Waals surface area contributed by atoms with Gasteiger partial charge in [-0.1, -0.05) is 0 Å². The number of imide groups is 1. The second-order valence-electron chi connectivity index (χ2n) is 13.1. The molecule has 0 radical (unpaired) electrons. The maximum absolute atomic E-state index is 12.8. The average molecular weight is 667 g/mol. The van der Waals surface area contributed by atoms with E-state index in [0.717, 1.165) is 72.6 Å². The first-order valence-corrected chi connectivity index (χ1v) is 16.3. The second-order valence-corrected chi connectivity index (χ2v) is 13.1. The highest BCUT2D eigenvalue weighted by Crippen LogP contribution is 2.43. The van der Waals surface area contributed by atoms with Crippen LogP contribution >= 0.6 is 0 Å². The summed E-state index contributed by atoms with van der Waals surface area (Å²) >= 11 is 0. The Balaban J connectivity index is 0.999. The van der Waals surface area contributed by atoms with Gasteiger partial charge in [-0.15, -0.1) is 0 Å². The SMILES string of the molecule is COc1cc(-c2cn(C)c(=O)c3cnccc23)cc(OC)c1CN1CCC2(CC1)CN(c1nccc(C(=O)NC3CCC(=O)NC3=O)n1)C2. The van der Waals surface area contributed by atoms with Gasteiger partial charge in [-0.05, 0) is 67.6 Å². The quantitative estimate of drug-likeness (QED) is 0.265. The fraction of sp³-hybridized carbons (Fsp3) is 0.400. The Morgan fingerprint density at radius 3 is 2.47 bits per heavy atom. The van der Waals surface area contributed by atoms with Crippen LogP contribution in [0.5, 0.6) is 11.5 Å². The van der Waals surface area contributed by atoms with E-state index in [-0.39, 0.29) is 35.4 Å². The Hall–Kier alpha value is -5.37. The first-order chi connectivity index (χ1) is 23.7. The van der Waals surface area contributed by atoms with E-state index < -0.39 is 17.9 Å². The summed E-state index contributed by atoms with van der Waals surface area (Å²) in [5.74, 6) is 0.620. The number of aryl methyl sites for hydroxylation is 1. The molecule has 3 amide bonds. The van der Waals surface area contributed by atoms with Crippen molar-refractivity contribution >= 4 is 34.4 Å². The predicted octanol–water partition coefficient (Wildman–Crippen LogP) is 2.05. The number of anilines is 1. The smallest absolute Gasteiger partial charge is 0.270 e. The fourth-order valence-electron chi connectivity index (χ4n) is 7.16. The second kappa shape index (κ2) is 12.9. The highest BCUT2D eigenvalue weighted by molar-refractivity contribution is 6.03. The first kappa shape index (κ1) is 32.2. The molecular formula is C35H38N8O6. The number of piperidine rings is 2. The lowest BCUT2D eigenvalue weighted by Crippen LogP contribution is -2.61. The molecular weight excluding hydrogens is 628 g/mol. The van der Waals surface area contributed by atoms with E-state index >= 15 is 0 Å². The number of carbonyl (C=O) groups excluding carboxylic acids is 3. The fourth-order valence-corrected chi connectivity index (χ4v) is 7.16. The molecule has 3 aromatic heterocycles. The Morgan fingerprint density at radius 1 is 1.04 bits per heavy atom. The minimum absolute atomic E-state index is 0.102. The van der Waals surface area contributed by atoms with Crippen molar-refractivity contribution in [3.63, 3.8) is 0 Å². The lowest BCUT2D eigenvalue weighted by molar-refractivity contribution is -0.134. The van der Waals surface area contributed by atoms with E-state index in [4.69, 9.17) is 9.47 Å². The van der Waals surface area contributed by atoms with Gasteiger partial charge in [0.2, 0.25) is 17.8 Å². The lowest BCUT2D eigenvalue weighted by atomic mass is 9.72. The molecule has 1 aromatic carbocycles. The van der Waals surface area contributed by atoms with Gasteiger partial charge in [-0.25, -0.2) is 9.97 Å². The van der Waals surface area contributed by atoms with Gasteiger partial charge in [0.25, 0.3) is 11.5 Å². The highest BCUT2D eigenvalue weighted by Gasteiger charge is 2.46. The van der Waals surface area contributed by atoms with E-state index in [0.29, 0.717) is 17.9 Å². The topological polar surface area (TPSA) is 161 Å². The van der Waals surface area contributed by atoms with Crippen LogP contribution in [0.25, 0.3) is 21.9 Å². The van der Waals surface area contributed by atoms with Gasteiger partial charge in [-0.3, -0.25) is 34.4 Å². The molecule has 3 aliphatic heterocycles. The first-order valence-electron chi connectivity index (χ1n) is 16.3. The molecule has 49 heavy (non-hydrogen) atoms. The monoisotopic (exact) mass is 666 g/mol. The van der Waals surface area contributed by atoms with Crippen LogP contribution in [0.1, 0.15) is 41.7 Å². The third kappa shape index (κ3) is 6.19. The summed E-state index contributed by atoms with van der Waals surface area (Å²) in [4.78, 5) is 66.6. The van der Waals surface area contributed by atoms with Gasteiger partial charge in [0.15, 0.2) is 0 Å². The number of aromatic nitrogens is 4. The molecule has 3 aliphatic rings. The van der Waals surface area contributed by atoms with Crippen molar-refractivity contribution in [1.82, 2.24) is 35.1 Å². The number of amides is 3. The molecule has 3 saturated heterocycles. The molecule has 4 aromatic rings. The number of methoxy groups -OCH3 is 2. The van der Waals surface area contributed by atoms with Crippen LogP contribution in [-0.4, -0.2) is 88.6 Å². The van der Waals surface area contributed by atoms with Crippen molar-refractivity contribution < 1.29 is 23.9 Å². The van der Waals surface area contributed by atoms with Gasteiger partial charge < -0.3 is 24.3 Å². The Kier molecular flexibility index (Phi) is 8.49. The number of pyridine rings is 2. The van der Waals surface area contributed by atoms with Crippen LogP contribution in [0.15, 0.2) is 53.8 Å². The zero-order valence-corrected chi connectivity index (χ0v) is 27.7. The standard InChI is InChI=1S/C35H38N8O6/c1-41-17-24(22-6-10-36-16-23(22)33(41)47)21-14-28(48-2)25(29(15-21)49-3)18-42-12-8-35(9-13-42)19-43(20-35)34-37-11-7-27(39-34)31(45)38-26-4-5-30(44)40-32(26)46/h6-7,10-11,14-17,26H,4-5,8-9,12-13,18-20H2,1-3H3,(H,38,45)(H,40,44,46). The van der Waals surface area contributed by atoms with Crippen LogP contribution in [0.4, 0.5) is 5.95 Å². The van der Waals surface area contributed by atoms with Gasteiger partial charge in [0, 0.05) is 68.9 Å². The zero-order chi connectivity index (χ0) is 34.3. The minimum Gasteiger partial charge on any atom is -0.496 e. The van der Waals surface area contributed by atoms with Crippen molar-refractivity contribution in [3.05, 3.63) is 70.7 Å². The molecule has 0 bridgehead atoms. The number of nitrogens with one attached hydrogen (secondary N) is 2. The van der Waals surface area contributed by atoms with Crippen LogP contribution in [0.3, 0.4) is 0 Å². The van der Waals surface area contributed by atoms with Gasteiger partial charge in [-0.2, -0.15) is 0 Å². The summed E-state index contributed by atoms with van der Waals surface area (Å²) < 4.78 is 13.4. The van der Waals surface area contributed by atoms with Crippen molar-refractivity contribution in [2.75, 3.05) is 45.3 Å². The lowest BCUT2D eigenvalue weighted by Gasteiger charge is -2.54. The Bertz CT molecular complexity index is 1990. The van der Waals surface area contributed by atoms with Crippen LogP contribution in [-0.2, 0) is 23.2 Å². The average Bonchev–Trinajstić information content (AvgIpc) is 3.10. The summed E-state index contributed by atoms with van der Waals surface area (Å²) in [5, 5.41) is 6.30. The number of benzene rings is 1. The van der Waals surface area contributed by atoms with E-state index in [1.165, 1.54) is 6.07 Å². The normalized spacial score (nSPS) is 19.0. The van der Waals surface area contributed by atoms with Gasteiger partial charge in [0.05, 0.1) is 25.2 Å². The van der Waals surface area contributed by atoms with Crippen LogP contribution in [0.2, 0.25) is 0 Å². The summed E-state index contributed by atoms with van der Waals surface area (Å²) in [6.45, 7) is 4.05. The summed E-state index contributed by atoms with van der Waals surface area (Å²) in [7, 11) is 5.06. The number of carbonyl (C=O) groups is 3. The molecule has 0 aliphatic carbocycles. The van der Waals surface area contributed by atoms with Crippen molar-refractivity contribution in [1.29, 1.82) is 0 Å². The van der Waals surface area contributed by atoms with Crippen molar-refractivity contribution in [3.8, 4) is 22.6 Å². The van der Waals surface area contributed by atoms with Gasteiger partial charge >= 0.3 is 0 Å². The number of hydrogen-bond acceptors (Lipinski definition) is 11. The summed E-state index contributed by atoms with van der Waals surface area (Å²) in [6.07, 6.45) is 9.12. The summed E-state index contributed by atoms with van der Waals surface area (Å²) in [6, 6.07) is 6.62. The molecule has 0 saturated carbocycles. The largest absolute Gasteiger partial charge is 0.496 e. The van der Waals surface area contributed by atoms with Crippen LogP contribution < -0.4 is 30.6 Å². The maximum atomic E-state index is 12.8. The molecule has 7 rings (SSSR count). The predicted molar refractivity (Wildman–Crippen MR) is 180 cm³/mol. The third-order valence-corrected chi connectivity index (χ3v) is 9.96. The van der Waals surface area contributed by atoms with E-state index in [2.05, 4.69) is 35.4 Å². The number of rotatable bonds is 8. The summed E-state index contributed by atoms with van der Waals surface area (Å²) in [5.41, 5.74) is 2.97. The number of fused-ring (bicyclic) bond motifs is 1. The molecule has 1 atom stereocenters. The van der Waals surface area contributed by atoms with E-state index in [1.54, 1.807) is 44.4 Å². The number of hydrogen-bond donors (Lipinski definition) is 2. The maximum Gasteiger partial charge on any atom is 0.270 e. The Morgan fingerprint density at radius 2 is 1.78 bits per heavy atom. The number of nitrogens with zero attached hydrogens (tertiary/aromatic N) is 6. The molecule has 254 valence electrons. The molecule has 6 heterocycles. The van der Waals surface area contributed by atoms with Crippen molar-refractivity contribution in [2.24, 2.45) is 12.5 Å². The molecule has 14 heteroatoms. The van der Waals surface area contributed by atoms with E-state index in [9.17, 15) is 19.2 Å². The van der Waals surface area contributed by atoms with Gasteiger partial charge in [0.1, 0.15) is 23.2 Å². The molecule has 1 spiro atoms. The van der Waals surface area contributed by atoms with E-state index in [1.807, 2.05) is 24.4 Å². The highest BCUT2D eigenvalue weighted by atomic mass is 16.5. The molecule has 1 unspecified atom stereocenters. The molecule has 2 N–H and O–H groups in total. The third-order valence-electron chi connectivity index (χ3n) is 9.96. The molecule has 3 fully saturated rings. The number of likely N-dealkylation sites (tertiary alicyclic amines) is 1. The Labute approximate surface area is 282 Å². The van der Waals surface area contributed by atoms with Crippen molar-refractivity contribution in [2.45, 2.75) is 38.3 Å². The minimum atomic E-state index is -0.766. The molecule has 14 nitrogen and oxygen atoms in total. The zero-order valence-electron chi connectivity index (χ0n) is 27.7.